The number of benzene rings is 2. The molecule has 0 spiro atoms. The summed E-state index contributed by atoms with van der Waals surface area (Å²) in [7, 11) is 0. The number of halogens is 3. The van der Waals surface area contributed by atoms with Gasteiger partial charge in [0.05, 0.1) is 17.7 Å². The number of nitrogens with zero attached hydrogens (tertiary/aromatic N) is 4. The average molecular weight is 423 g/mol. The maximum absolute atomic E-state index is 13.0. The SMILES string of the molecule is FC(F)(F)c1cccc(Nc2nnc3n2CCOc2ccc(-c4ccncc4)cc2-3)c1. The van der Waals surface area contributed by atoms with Gasteiger partial charge in [-0.1, -0.05) is 12.1 Å². The molecule has 0 saturated heterocycles. The number of hydrogen-bond acceptors (Lipinski definition) is 5. The van der Waals surface area contributed by atoms with Crippen LogP contribution >= 0.6 is 0 Å². The van der Waals surface area contributed by atoms with Crippen molar-refractivity contribution in [3.8, 4) is 28.3 Å². The van der Waals surface area contributed by atoms with E-state index >= 15 is 0 Å². The molecule has 0 saturated carbocycles. The Bertz CT molecular complexity index is 1240. The number of fused-ring (bicyclic) bond motifs is 3. The molecule has 0 fully saturated rings. The van der Waals surface area contributed by atoms with E-state index in [4.69, 9.17) is 4.74 Å². The Kier molecular flexibility index (Phi) is 4.58. The first kappa shape index (κ1) is 19.1. The fourth-order valence-electron chi connectivity index (χ4n) is 3.51. The highest BCUT2D eigenvalue weighted by molar-refractivity contribution is 5.75. The predicted octanol–water partition coefficient (Wildman–Crippen LogP) is 5.16. The first-order chi connectivity index (χ1) is 15.0. The third-order valence-electron chi connectivity index (χ3n) is 5.00. The maximum Gasteiger partial charge on any atom is 0.416 e. The van der Waals surface area contributed by atoms with E-state index in [0.717, 1.165) is 28.8 Å². The summed E-state index contributed by atoms with van der Waals surface area (Å²) in [5, 5.41) is 11.4. The zero-order chi connectivity index (χ0) is 21.4. The molecule has 156 valence electrons. The molecule has 0 bridgehead atoms. The molecule has 1 aliphatic heterocycles. The zero-order valence-corrected chi connectivity index (χ0v) is 16.1. The normalized spacial score (nSPS) is 13.0. The van der Waals surface area contributed by atoms with Gasteiger partial charge in [-0.25, -0.2) is 0 Å². The van der Waals surface area contributed by atoms with Crippen molar-refractivity contribution in [1.82, 2.24) is 19.7 Å². The van der Waals surface area contributed by atoms with Crippen molar-refractivity contribution in [3.63, 3.8) is 0 Å². The summed E-state index contributed by atoms with van der Waals surface area (Å²) in [6.45, 7) is 0.826. The third kappa shape index (κ3) is 3.70. The lowest BCUT2D eigenvalue weighted by Crippen LogP contribution is -2.10. The highest BCUT2D eigenvalue weighted by Crippen LogP contribution is 2.37. The minimum absolute atomic E-state index is 0.279. The first-order valence-corrected chi connectivity index (χ1v) is 9.54. The van der Waals surface area contributed by atoms with Crippen molar-refractivity contribution in [1.29, 1.82) is 0 Å². The molecule has 31 heavy (non-hydrogen) atoms. The number of rotatable bonds is 3. The molecule has 0 unspecified atom stereocenters. The monoisotopic (exact) mass is 423 g/mol. The minimum Gasteiger partial charge on any atom is -0.491 e. The summed E-state index contributed by atoms with van der Waals surface area (Å²) >= 11 is 0. The molecule has 1 N–H and O–H groups in total. The van der Waals surface area contributed by atoms with Crippen LogP contribution in [0.5, 0.6) is 5.75 Å². The van der Waals surface area contributed by atoms with Crippen molar-refractivity contribution in [2.75, 3.05) is 11.9 Å². The summed E-state index contributed by atoms with van der Waals surface area (Å²) < 4.78 is 46.8. The van der Waals surface area contributed by atoms with E-state index in [1.165, 1.54) is 6.07 Å². The van der Waals surface area contributed by atoms with Crippen LogP contribution in [-0.2, 0) is 12.7 Å². The number of anilines is 2. The average Bonchev–Trinajstić information content (AvgIpc) is 3.06. The molecule has 0 atom stereocenters. The van der Waals surface area contributed by atoms with Crippen LogP contribution in [0.25, 0.3) is 22.5 Å². The molecule has 4 aromatic rings. The van der Waals surface area contributed by atoms with Gasteiger partial charge in [0.2, 0.25) is 5.95 Å². The van der Waals surface area contributed by atoms with Gasteiger partial charge in [-0.2, -0.15) is 13.2 Å². The number of pyridine rings is 1. The first-order valence-electron chi connectivity index (χ1n) is 9.54. The van der Waals surface area contributed by atoms with Crippen molar-refractivity contribution < 1.29 is 17.9 Å². The fourth-order valence-corrected chi connectivity index (χ4v) is 3.51. The lowest BCUT2D eigenvalue weighted by molar-refractivity contribution is -0.137. The second kappa shape index (κ2) is 7.42. The standard InChI is InChI=1S/C22H16F3N5O/c23-22(24,25)16-2-1-3-17(13-16)27-21-29-28-20-18-12-15(14-6-8-26-9-7-14)4-5-19(18)31-11-10-30(20)21/h1-9,12-13H,10-11H2,(H,27,29). The van der Waals surface area contributed by atoms with E-state index in [-0.39, 0.29) is 5.69 Å². The van der Waals surface area contributed by atoms with Crippen LogP contribution in [0.15, 0.2) is 67.0 Å². The maximum atomic E-state index is 13.0. The Balaban J connectivity index is 1.53. The Labute approximate surface area is 175 Å². The van der Waals surface area contributed by atoms with E-state index in [1.54, 1.807) is 18.5 Å². The molecule has 0 aliphatic carbocycles. The van der Waals surface area contributed by atoms with Gasteiger partial charge in [0.15, 0.2) is 5.82 Å². The van der Waals surface area contributed by atoms with E-state index in [2.05, 4.69) is 20.5 Å². The van der Waals surface area contributed by atoms with Gasteiger partial charge in [0.1, 0.15) is 12.4 Å². The lowest BCUT2D eigenvalue weighted by Gasteiger charge is -2.11. The molecular formula is C22H16F3N5O. The van der Waals surface area contributed by atoms with Crippen LogP contribution < -0.4 is 10.1 Å². The van der Waals surface area contributed by atoms with Crippen molar-refractivity contribution >= 4 is 11.6 Å². The number of alkyl halides is 3. The van der Waals surface area contributed by atoms with Gasteiger partial charge < -0.3 is 10.1 Å². The molecular weight excluding hydrogens is 407 g/mol. The summed E-state index contributed by atoms with van der Waals surface area (Å²) in [5.74, 6) is 1.60. The molecule has 2 aromatic carbocycles. The van der Waals surface area contributed by atoms with Crippen LogP contribution in [0.3, 0.4) is 0 Å². The van der Waals surface area contributed by atoms with E-state index in [0.29, 0.717) is 30.7 Å². The molecule has 9 heteroatoms. The molecule has 1 aliphatic rings. The molecule has 0 amide bonds. The predicted molar refractivity (Wildman–Crippen MR) is 109 cm³/mol. The summed E-state index contributed by atoms with van der Waals surface area (Å²) in [4.78, 5) is 4.04. The second-order valence-electron chi connectivity index (χ2n) is 7.00. The number of nitrogens with one attached hydrogen (secondary N) is 1. The Morgan fingerprint density at radius 2 is 1.77 bits per heavy atom. The summed E-state index contributed by atoms with van der Waals surface area (Å²) in [6, 6.07) is 14.6. The van der Waals surface area contributed by atoms with Crippen LogP contribution in [0.4, 0.5) is 24.8 Å². The second-order valence-corrected chi connectivity index (χ2v) is 7.00. The van der Waals surface area contributed by atoms with E-state index in [1.807, 2.05) is 34.9 Å². The lowest BCUT2D eigenvalue weighted by atomic mass is 10.0. The van der Waals surface area contributed by atoms with Gasteiger partial charge in [-0.3, -0.25) is 9.55 Å². The molecule has 2 aromatic heterocycles. The number of hydrogen-bond donors (Lipinski definition) is 1. The van der Waals surface area contributed by atoms with E-state index < -0.39 is 11.7 Å². The van der Waals surface area contributed by atoms with Gasteiger partial charge in [-0.15, -0.1) is 10.2 Å². The highest BCUT2D eigenvalue weighted by atomic mass is 19.4. The third-order valence-corrected chi connectivity index (χ3v) is 5.00. The van der Waals surface area contributed by atoms with Crippen LogP contribution in [0.1, 0.15) is 5.56 Å². The molecule has 3 heterocycles. The van der Waals surface area contributed by atoms with Crippen molar-refractivity contribution in [2.45, 2.75) is 12.7 Å². The highest BCUT2D eigenvalue weighted by Gasteiger charge is 2.30. The fraction of sp³-hybridized carbons (Fsp3) is 0.136. The van der Waals surface area contributed by atoms with Gasteiger partial charge >= 0.3 is 6.18 Å². The quantitative estimate of drug-likeness (QED) is 0.493. The largest absolute Gasteiger partial charge is 0.491 e. The van der Waals surface area contributed by atoms with Crippen molar-refractivity contribution in [3.05, 3.63) is 72.6 Å². The van der Waals surface area contributed by atoms with E-state index in [9.17, 15) is 13.2 Å². The summed E-state index contributed by atoms with van der Waals surface area (Å²) in [5.41, 5.74) is 2.27. The van der Waals surface area contributed by atoms with Crippen LogP contribution in [-0.4, -0.2) is 26.4 Å². The van der Waals surface area contributed by atoms with Gasteiger partial charge in [-0.05, 0) is 53.6 Å². The van der Waals surface area contributed by atoms with Gasteiger partial charge in [0, 0.05) is 18.1 Å². The van der Waals surface area contributed by atoms with Crippen LogP contribution in [0.2, 0.25) is 0 Å². The van der Waals surface area contributed by atoms with Crippen LogP contribution in [0, 0.1) is 0 Å². The van der Waals surface area contributed by atoms with Crippen molar-refractivity contribution in [2.24, 2.45) is 0 Å². The van der Waals surface area contributed by atoms with Gasteiger partial charge in [0.25, 0.3) is 0 Å². The summed E-state index contributed by atoms with van der Waals surface area (Å²) in [6.07, 6.45) is -0.982. The Morgan fingerprint density at radius 1 is 0.935 bits per heavy atom. The molecule has 5 rings (SSSR count). The Morgan fingerprint density at radius 3 is 2.58 bits per heavy atom. The zero-order valence-electron chi connectivity index (χ0n) is 16.1. The molecule has 0 radical (unpaired) electrons. The smallest absolute Gasteiger partial charge is 0.416 e. The topological polar surface area (TPSA) is 64.9 Å². The Hall–Kier alpha value is -3.88. The molecule has 6 nitrogen and oxygen atoms in total. The minimum atomic E-state index is -4.42. The number of ether oxygens (including phenoxy) is 1. The number of aromatic nitrogens is 4.